The molecule has 0 bridgehead atoms. The summed E-state index contributed by atoms with van der Waals surface area (Å²) in [6.45, 7) is 1.33. The Kier molecular flexibility index (Phi) is 4.35. The molecule has 1 N–H and O–H groups in total. The topological polar surface area (TPSA) is 53.4 Å². The second-order valence-corrected chi connectivity index (χ2v) is 5.65. The van der Waals surface area contributed by atoms with Gasteiger partial charge in [-0.3, -0.25) is 9.88 Å². The van der Waals surface area contributed by atoms with Crippen LogP contribution in [0.15, 0.2) is 60.9 Å². The lowest BCUT2D eigenvalue weighted by Crippen LogP contribution is -2.19. The van der Waals surface area contributed by atoms with Crippen LogP contribution in [-0.2, 0) is 13.1 Å². The van der Waals surface area contributed by atoms with E-state index >= 15 is 0 Å². The number of fused-ring (bicyclic) bond motifs is 1. The van der Waals surface area contributed by atoms with Gasteiger partial charge in [0.25, 0.3) is 0 Å². The molecule has 3 rings (SSSR count). The Morgan fingerprint density at radius 1 is 1.04 bits per heavy atom. The van der Waals surface area contributed by atoms with Crippen molar-refractivity contribution in [1.82, 2.24) is 9.88 Å². The van der Waals surface area contributed by atoms with E-state index in [-0.39, 0.29) is 0 Å². The van der Waals surface area contributed by atoms with E-state index in [0.717, 1.165) is 17.5 Å². The smallest absolute Gasteiger partial charge is 0.336 e. The SMILES string of the molecule is CN(Cc1ccccc1C(=O)O)Cc1cccc2cnccc12. The maximum absolute atomic E-state index is 11.3. The molecule has 4 heteroatoms. The van der Waals surface area contributed by atoms with Gasteiger partial charge in [-0.25, -0.2) is 4.79 Å². The largest absolute Gasteiger partial charge is 0.478 e. The highest BCUT2D eigenvalue weighted by molar-refractivity contribution is 5.89. The zero-order chi connectivity index (χ0) is 16.2. The first-order chi connectivity index (χ1) is 11.1. The number of hydrogen-bond donors (Lipinski definition) is 1. The number of aromatic nitrogens is 1. The maximum atomic E-state index is 11.3. The molecule has 1 aromatic heterocycles. The molecule has 0 fully saturated rings. The van der Waals surface area contributed by atoms with E-state index in [2.05, 4.69) is 16.0 Å². The number of pyridine rings is 1. The first kappa shape index (κ1) is 15.2. The molecular formula is C19H18N2O2. The summed E-state index contributed by atoms with van der Waals surface area (Å²) in [5, 5.41) is 11.6. The van der Waals surface area contributed by atoms with Gasteiger partial charge in [-0.15, -0.1) is 0 Å². The Bertz CT molecular complexity index is 840. The van der Waals surface area contributed by atoms with Crippen LogP contribution in [0.3, 0.4) is 0 Å². The van der Waals surface area contributed by atoms with Crippen molar-refractivity contribution >= 4 is 16.7 Å². The number of rotatable bonds is 5. The lowest BCUT2D eigenvalue weighted by atomic mass is 10.0. The second-order valence-electron chi connectivity index (χ2n) is 5.65. The summed E-state index contributed by atoms with van der Waals surface area (Å²) in [6, 6.07) is 15.3. The number of hydrogen-bond acceptors (Lipinski definition) is 3. The number of carboxylic acid groups (broad SMARTS) is 1. The van der Waals surface area contributed by atoms with E-state index in [1.807, 2.05) is 43.6 Å². The normalized spacial score (nSPS) is 11.0. The van der Waals surface area contributed by atoms with Gasteiger partial charge in [-0.05, 0) is 35.7 Å². The van der Waals surface area contributed by atoms with E-state index in [0.29, 0.717) is 12.1 Å². The lowest BCUT2D eigenvalue weighted by molar-refractivity contribution is 0.0694. The van der Waals surface area contributed by atoms with Gasteiger partial charge in [-0.2, -0.15) is 0 Å². The molecule has 0 aliphatic heterocycles. The van der Waals surface area contributed by atoms with Gasteiger partial charge in [-0.1, -0.05) is 36.4 Å². The third kappa shape index (κ3) is 3.38. The molecule has 0 spiro atoms. The Labute approximate surface area is 135 Å². The summed E-state index contributed by atoms with van der Waals surface area (Å²) in [6.07, 6.45) is 3.66. The van der Waals surface area contributed by atoms with Gasteiger partial charge in [0.15, 0.2) is 0 Å². The van der Waals surface area contributed by atoms with E-state index in [1.165, 1.54) is 10.9 Å². The van der Waals surface area contributed by atoms with Crippen molar-refractivity contribution in [2.24, 2.45) is 0 Å². The highest BCUT2D eigenvalue weighted by Crippen LogP contribution is 2.20. The minimum absolute atomic E-state index is 0.362. The van der Waals surface area contributed by atoms with E-state index in [9.17, 15) is 9.90 Å². The van der Waals surface area contributed by atoms with Crippen molar-refractivity contribution in [3.05, 3.63) is 77.6 Å². The van der Waals surface area contributed by atoms with Crippen LogP contribution in [0, 0.1) is 0 Å². The molecule has 0 aliphatic carbocycles. The molecule has 0 saturated heterocycles. The molecule has 0 atom stereocenters. The molecule has 4 nitrogen and oxygen atoms in total. The predicted molar refractivity (Wildman–Crippen MR) is 90.3 cm³/mol. The minimum atomic E-state index is -0.884. The highest BCUT2D eigenvalue weighted by Gasteiger charge is 2.11. The van der Waals surface area contributed by atoms with Crippen LogP contribution in [0.4, 0.5) is 0 Å². The summed E-state index contributed by atoms with van der Waals surface area (Å²) < 4.78 is 0. The summed E-state index contributed by atoms with van der Waals surface area (Å²) in [5.74, 6) is -0.884. The Morgan fingerprint density at radius 2 is 1.78 bits per heavy atom. The zero-order valence-electron chi connectivity index (χ0n) is 12.9. The third-order valence-electron chi connectivity index (χ3n) is 3.90. The molecule has 3 aromatic rings. The monoisotopic (exact) mass is 306 g/mol. The van der Waals surface area contributed by atoms with Gasteiger partial charge in [0.2, 0.25) is 0 Å². The van der Waals surface area contributed by atoms with Crippen LogP contribution in [0.25, 0.3) is 10.8 Å². The fourth-order valence-electron chi connectivity index (χ4n) is 2.83. The first-order valence-electron chi connectivity index (χ1n) is 7.46. The lowest BCUT2D eigenvalue weighted by Gasteiger charge is -2.19. The molecule has 2 aromatic carbocycles. The second kappa shape index (κ2) is 6.58. The van der Waals surface area contributed by atoms with Crippen LogP contribution < -0.4 is 0 Å². The summed E-state index contributed by atoms with van der Waals surface area (Å²) in [4.78, 5) is 17.6. The van der Waals surface area contributed by atoms with E-state index in [4.69, 9.17) is 0 Å². The van der Waals surface area contributed by atoms with Crippen molar-refractivity contribution in [2.45, 2.75) is 13.1 Å². The van der Waals surface area contributed by atoms with Crippen molar-refractivity contribution in [1.29, 1.82) is 0 Å². The molecular weight excluding hydrogens is 288 g/mol. The number of benzene rings is 2. The van der Waals surface area contributed by atoms with Gasteiger partial charge in [0, 0.05) is 30.9 Å². The summed E-state index contributed by atoms with van der Waals surface area (Å²) in [7, 11) is 2.00. The molecule has 0 saturated carbocycles. The maximum Gasteiger partial charge on any atom is 0.336 e. The predicted octanol–water partition coefficient (Wildman–Crippen LogP) is 3.57. The van der Waals surface area contributed by atoms with Crippen molar-refractivity contribution in [3.8, 4) is 0 Å². The number of carboxylic acids is 1. The fourth-order valence-corrected chi connectivity index (χ4v) is 2.83. The Hall–Kier alpha value is -2.72. The first-order valence-corrected chi connectivity index (χ1v) is 7.46. The van der Waals surface area contributed by atoms with E-state index < -0.39 is 5.97 Å². The molecule has 0 unspecified atom stereocenters. The van der Waals surface area contributed by atoms with Crippen LogP contribution >= 0.6 is 0 Å². The summed E-state index contributed by atoms with van der Waals surface area (Å²) in [5.41, 5.74) is 2.39. The Morgan fingerprint density at radius 3 is 2.61 bits per heavy atom. The number of nitrogens with zero attached hydrogens (tertiary/aromatic N) is 2. The molecule has 0 amide bonds. The molecule has 0 aliphatic rings. The van der Waals surface area contributed by atoms with Crippen molar-refractivity contribution in [2.75, 3.05) is 7.05 Å². The quantitative estimate of drug-likeness (QED) is 0.783. The van der Waals surface area contributed by atoms with Crippen LogP contribution in [0.2, 0.25) is 0 Å². The Balaban J connectivity index is 1.82. The van der Waals surface area contributed by atoms with E-state index in [1.54, 1.807) is 18.3 Å². The average Bonchev–Trinajstić information content (AvgIpc) is 2.55. The third-order valence-corrected chi connectivity index (χ3v) is 3.90. The van der Waals surface area contributed by atoms with Crippen molar-refractivity contribution < 1.29 is 9.90 Å². The van der Waals surface area contributed by atoms with Crippen LogP contribution in [0.5, 0.6) is 0 Å². The zero-order valence-corrected chi connectivity index (χ0v) is 12.9. The minimum Gasteiger partial charge on any atom is -0.478 e. The summed E-state index contributed by atoms with van der Waals surface area (Å²) >= 11 is 0. The standard InChI is InChI=1S/C19H18N2O2/c1-21(13-16-5-2-3-8-18(16)19(22)23)12-15-7-4-6-14-11-20-10-9-17(14)15/h2-11H,12-13H2,1H3,(H,22,23). The van der Waals surface area contributed by atoms with Gasteiger partial charge >= 0.3 is 5.97 Å². The fraction of sp³-hybridized carbons (Fsp3) is 0.158. The van der Waals surface area contributed by atoms with Crippen LogP contribution in [0.1, 0.15) is 21.5 Å². The van der Waals surface area contributed by atoms with Gasteiger partial charge < -0.3 is 5.11 Å². The van der Waals surface area contributed by atoms with Crippen LogP contribution in [-0.4, -0.2) is 28.0 Å². The number of aromatic carboxylic acids is 1. The van der Waals surface area contributed by atoms with Gasteiger partial charge in [0.05, 0.1) is 5.56 Å². The average molecular weight is 306 g/mol. The number of carbonyl (C=O) groups is 1. The molecule has 1 heterocycles. The van der Waals surface area contributed by atoms with Crippen molar-refractivity contribution in [3.63, 3.8) is 0 Å². The molecule has 0 radical (unpaired) electrons. The highest BCUT2D eigenvalue weighted by atomic mass is 16.4. The molecule has 116 valence electrons. The van der Waals surface area contributed by atoms with Gasteiger partial charge in [0.1, 0.15) is 0 Å². The molecule has 23 heavy (non-hydrogen) atoms.